The first-order chi connectivity index (χ1) is 28.5. The van der Waals surface area contributed by atoms with Crippen LogP contribution in [0.1, 0.15) is 36.5 Å². The van der Waals surface area contributed by atoms with Crippen LogP contribution < -0.4 is 37.2 Å². The number of morpholine rings is 1. The second-order valence-electron chi connectivity index (χ2n) is 16.3. The van der Waals surface area contributed by atoms with Gasteiger partial charge >= 0.3 is 6.18 Å². The molecule has 1 amide bonds. The van der Waals surface area contributed by atoms with Gasteiger partial charge in [-0.3, -0.25) is 30.5 Å². The van der Waals surface area contributed by atoms with Gasteiger partial charge in [-0.05, 0) is 48.7 Å². The maximum atomic E-state index is 14.4. The van der Waals surface area contributed by atoms with E-state index in [1.807, 2.05) is 17.2 Å². The number of hydrogen-bond acceptors (Lipinski definition) is 13. The van der Waals surface area contributed by atoms with E-state index >= 15 is 0 Å². The number of benzene rings is 1. The lowest BCUT2D eigenvalue weighted by Gasteiger charge is -2.47. The van der Waals surface area contributed by atoms with Crippen LogP contribution in [0.2, 0.25) is 0 Å². The van der Waals surface area contributed by atoms with Crippen LogP contribution in [-0.4, -0.2) is 153 Å². The van der Waals surface area contributed by atoms with Gasteiger partial charge in [0.25, 0.3) is 0 Å². The zero-order chi connectivity index (χ0) is 41.5. The number of halogens is 5. The molecule has 2 aromatic rings. The molecule has 1 saturated carbocycles. The van der Waals surface area contributed by atoms with E-state index in [0.717, 1.165) is 76.4 Å². The van der Waals surface area contributed by atoms with Gasteiger partial charge < -0.3 is 35.6 Å². The van der Waals surface area contributed by atoms with Crippen molar-refractivity contribution in [2.75, 3.05) is 96.7 Å². The maximum absolute atomic E-state index is 14.4. The lowest BCUT2D eigenvalue weighted by molar-refractivity contribution is -0.138. The van der Waals surface area contributed by atoms with Crippen LogP contribution in [0.15, 0.2) is 36.5 Å². The molecule has 0 spiro atoms. The molecule has 5 heterocycles. The standard InChI is InChI=1S/C40H60Cl2F3N11O3/c1-3-54-8-10-55(11-9-54)22-26-5-6-27(16-30(26)40(43,44)45)51-39(57)28-17-32(58-2)36(42)37(35(28)41)53-38-29(20-46-23-50-38)31-18-34(49-24-48-31)52-33-7-4-25(19-47-33)21-56-12-14-59-15-13-56/h4-7,16,19,28-29,31-32,34-38,46,48-50,53H,3,8-15,17-18,20-24H2,1-2H3,(H,47,52)(H,51,57). The first kappa shape index (κ1) is 44.7. The van der Waals surface area contributed by atoms with E-state index in [2.05, 4.69) is 60.0 Å². The summed E-state index contributed by atoms with van der Waals surface area (Å²) in [5, 5.41) is 22.7. The Morgan fingerprint density at radius 2 is 1.71 bits per heavy atom. The largest absolute Gasteiger partial charge is 0.416 e. The predicted molar refractivity (Wildman–Crippen MR) is 223 cm³/mol. The third kappa shape index (κ3) is 11.6. The third-order valence-electron chi connectivity index (χ3n) is 12.5. The van der Waals surface area contributed by atoms with Gasteiger partial charge in [0.15, 0.2) is 0 Å². The highest BCUT2D eigenvalue weighted by Crippen LogP contribution is 2.38. The van der Waals surface area contributed by atoms with Crippen molar-refractivity contribution >= 4 is 40.6 Å². The molecular formula is C40H60Cl2F3N11O3. The van der Waals surface area contributed by atoms with E-state index in [-0.39, 0.29) is 48.5 Å². The van der Waals surface area contributed by atoms with Crippen LogP contribution >= 0.6 is 23.2 Å². The Balaban J connectivity index is 0.982. The van der Waals surface area contributed by atoms with Gasteiger partial charge in [0, 0.05) is 109 Å². The summed E-state index contributed by atoms with van der Waals surface area (Å²) in [5.41, 5.74) is 0.653. The number of methoxy groups -OCH3 is 1. The SMILES string of the molecule is CCN1CCN(Cc2ccc(NC(=O)C3CC(OC)C(Cl)C(NC4NCNCC4C4CC(Nc5ccc(CN6CCOCC6)cn5)NCN4)C3Cl)cc2C(F)(F)F)CC1. The van der Waals surface area contributed by atoms with Crippen LogP contribution in [-0.2, 0) is 33.5 Å². The number of anilines is 2. The quantitative estimate of drug-likeness (QED) is 0.149. The summed E-state index contributed by atoms with van der Waals surface area (Å²) in [6.45, 7) is 12.3. The Kier molecular flexibility index (Phi) is 15.6. The van der Waals surface area contributed by atoms with Crippen LogP contribution in [0.5, 0.6) is 0 Å². The molecule has 328 valence electrons. The van der Waals surface area contributed by atoms with Gasteiger partial charge in [0.2, 0.25) is 5.91 Å². The van der Waals surface area contributed by atoms with Gasteiger partial charge in [-0.1, -0.05) is 19.1 Å². The number of aromatic nitrogens is 1. The van der Waals surface area contributed by atoms with Crippen molar-refractivity contribution < 1.29 is 27.4 Å². The summed E-state index contributed by atoms with van der Waals surface area (Å²) < 4.78 is 54.5. The Morgan fingerprint density at radius 1 is 0.949 bits per heavy atom. The Bertz CT molecular complexity index is 1660. The van der Waals surface area contributed by atoms with Crippen molar-refractivity contribution in [2.45, 2.75) is 80.3 Å². The van der Waals surface area contributed by atoms with Crippen LogP contribution in [0.4, 0.5) is 24.7 Å². The molecule has 7 rings (SSSR count). The summed E-state index contributed by atoms with van der Waals surface area (Å²) in [6.07, 6.45) is -2.50. The molecule has 1 aromatic heterocycles. The van der Waals surface area contributed by atoms with Gasteiger partial charge in [0.05, 0.1) is 53.9 Å². The smallest absolute Gasteiger partial charge is 0.380 e. The maximum Gasteiger partial charge on any atom is 0.416 e. The van der Waals surface area contributed by atoms with Gasteiger partial charge in [0.1, 0.15) is 5.82 Å². The second kappa shape index (κ2) is 20.7. The molecule has 14 nitrogen and oxygen atoms in total. The molecule has 0 radical (unpaired) electrons. The van der Waals surface area contributed by atoms with Crippen molar-refractivity contribution in [2.24, 2.45) is 11.8 Å². The molecule has 1 aromatic carbocycles. The number of rotatable bonds is 13. The Morgan fingerprint density at radius 3 is 2.42 bits per heavy atom. The topological polar surface area (TPSA) is 142 Å². The zero-order valence-corrected chi connectivity index (χ0v) is 35.4. The molecule has 9 unspecified atom stereocenters. The number of piperazine rings is 1. The van der Waals surface area contributed by atoms with Crippen molar-refractivity contribution in [3.63, 3.8) is 0 Å². The summed E-state index contributed by atoms with van der Waals surface area (Å²) >= 11 is 14.2. The average molecular weight is 871 g/mol. The molecule has 4 aliphatic heterocycles. The number of ether oxygens (including phenoxy) is 2. The van der Waals surface area contributed by atoms with E-state index < -0.39 is 46.5 Å². The molecule has 9 atom stereocenters. The predicted octanol–water partition coefficient (Wildman–Crippen LogP) is 2.66. The molecular weight excluding hydrogens is 810 g/mol. The molecule has 5 aliphatic rings. The van der Waals surface area contributed by atoms with E-state index in [1.165, 1.54) is 6.07 Å². The number of carbonyl (C=O) groups is 1. The third-order valence-corrected chi connectivity index (χ3v) is 13.7. The monoisotopic (exact) mass is 869 g/mol. The minimum atomic E-state index is -4.59. The fourth-order valence-corrected chi connectivity index (χ4v) is 10.0. The molecule has 19 heteroatoms. The highest BCUT2D eigenvalue weighted by Gasteiger charge is 2.48. The van der Waals surface area contributed by atoms with Crippen LogP contribution in [0.3, 0.4) is 0 Å². The number of pyridine rings is 1. The van der Waals surface area contributed by atoms with Crippen molar-refractivity contribution in [3.05, 3.63) is 53.2 Å². The highest BCUT2D eigenvalue weighted by atomic mass is 35.5. The summed E-state index contributed by atoms with van der Waals surface area (Å²) in [6, 6.07) is 7.68. The molecule has 7 N–H and O–H groups in total. The molecule has 0 bridgehead atoms. The minimum Gasteiger partial charge on any atom is -0.380 e. The highest BCUT2D eigenvalue weighted by molar-refractivity contribution is 6.26. The van der Waals surface area contributed by atoms with E-state index in [9.17, 15) is 18.0 Å². The van der Waals surface area contributed by atoms with E-state index in [1.54, 1.807) is 13.2 Å². The lowest BCUT2D eigenvalue weighted by atomic mass is 9.81. The van der Waals surface area contributed by atoms with Gasteiger partial charge in [-0.15, -0.1) is 23.2 Å². The lowest BCUT2D eigenvalue weighted by Crippen LogP contribution is -2.70. The number of hydrogen-bond donors (Lipinski definition) is 7. The summed E-state index contributed by atoms with van der Waals surface area (Å²) in [4.78, 5) is 25.3. The second-order valence-corrected chi connectivity index (χ2v) is 17.3. The number of amides is 1. The van der Waals surface area contributed by atoms with Crippen molar-refractivity contribution in [1.82, 2.24) is 46.3 Å². The minimum absolute atomic E-state index is 0.0351. The van der Waals surface area contributed by atoms with Crippen molar-refractivity contribution in [3.8, 4) is 0 Å². The fourth-order valence-electron chi connectivity index (χ4n) is 9.05. The Labute approximate surface area is 355 Å². The normalized spacial score (nSPS) is 31.8. The Hall–Kier alpha value is -2.39. The summed E-state index contributed by atoms with van der Waals surface area (Å²) in [5.74, 6) is -0.430. The number of alkyl halides is 5. The van der Waals surface area contributed by atoms with Crippen molar-refractivity contribution in [1.29, 1.82) is 0 Å². The fraction of sp³-hybridized carbons (Fsp3) is 0.700. The number of nitrogens with one attached hydrogen (secondary N) is 7. The van der Waals surface area contributed by atoms with Crippen LogP contribution in [0.25, 0.3) is 0 Å². The van der Waals surface area contributed by atoms with Gasteiger partial charge in [-0.25, -0.2) is 4.98 Å². The molecule has 59 heavy (non-hydrogen) atoms. The molecule has 4 saturated heterocycles. The number of nitrogens with zero attached hydrogens (tertiary/aromatic N) is 4. The van der Waals surface area contributed by atoms with Gasteiger partial charge in [-0.2, -0.15) is 13.2 Å². The van der Waals surface area contributed by atoms with Crippen LogP contribution in [0, 0.1) is 11.8 Å². The first-order valence-electron chi connectivity index (χ1n) is 20.9. The first-order valence-corrected chi connectivity index (χ1v) is 21.8. The zero-order valence-electron chi connectivity index (χ0n) is 33.9. The molecule has 1 aliphatic carbocycles. The average Bonchev–Trinajstić information content (AvgIpc) is 3.24. The number of likely N-dealkylation sites (N-methyl/N-ethyl adjacent to an activating group) is 1. The molecule has 5 fully saturated rings. The van der Waals surface area contributed by atoms with E-state index in [0.29, 0.717) is 33.0 Å². The summed E-state index contributed by atoms with van der Waals surface area (Å²) in [7, 11) is 1.54. The number of carbonyl (C=O) groups excluding carboxylic acids is 1. The van der Waals surface area contributed by atoms with E-state index in [4.69, 9.17) is 37.7 Å².